The average Bonchev–Trinajstić information content (AvgIpc) is 1.85. The molecule has 0 amide bonds. The fraction of sp³-hybridized carbons (Fsp3) is 0.833. The number of alkyl halides is 1. The summed E-state index contributed by atoms with van der Waals surface area (Å²) >= 11 is 5.73. The van der Waals surface area contributed by atoms with Crippen molar-refractivity contribution in [3.05, 3.63) is 0 Å². The van der Waals surface area contributed by atoms with Crippen molar-refractivity contribution >= 4 is 17.6 Å². The number of aliphatic imine (C=N–C) groups is 1. The van der Waals surface area contributed by atoms with Gasteiger partial charge in [0.2, 0.25) is 0 Å². The van der Waals surface area contributed by atoms with Crippen LogP contribution >= 0.6 is 11.6 Å². The van der Waals surface area contributed by atoms with Gasteiger partial charge in [-0.3, -0.25) is 5.32 Å². The van der Waals surface area contributed by atoms with E-state index in [0.29, 0.717) is 11.9 Å². The summed E-state index contributed by atoms with van der Waals surface area (Å²) in [6, 6.07) is 0. The number of hydrogen-bond donors (Lipinski definition) is 3. The first-order chi connectivity index (χ1) is 5.09. The third kappa shape index (κ3) is 2.24. The number of nitrogens with zero attached hydrogens (tertiary/aromatic N) is 1. The SMILES string of the molecule is CC(C)C1NC(N)=NC(Cl)N1. The Labute approximate surface area is 71.2 Å². The van der Waals surface area contributed by atoms with Crippen molar-refractivity contribution < 1.29 is 0 Å². The lowest BCUT2D eigenvalue weighted by atomic mass is 10.1. The zero-order valence-electron chi connectivity index (χ0n) is 6.63. The van der Waals surface area contributed by atoms with Gasteiger partial charge in [0, 0.05) is 0 Å². The number of hydrogen-bond acceptors (Lipinski definition) is 4. The largest absolute Gasteiger partial charge is 0.370 e. The zero-order chi connectivity index (χ0) is 8.43. The molecule has 2 unspecified atom stereocenters. The highest BCUT2D eigenvalue weighted by Crippen LogP contribution is 2.05. The summed E-state index contributed by atoms with van der Waals surface area (Å²) in [6.07, 6.45) is 0.120. The molecular weight excluding hydrogens is 164 g/mol. The van der Waals surface area contributed by atoms with Crippen molar-refractivity contribution in [3.63, 3.8) is 0 Å². The summed E-state index contributed by atoms with van der Waals surface area (Å²) < 4.78 is 0. The molecule has 1 aliphatic heterocycles. The summed E-state index contributed by atoms with van der Waals surface area (Å²) in [5.41, 5.74) is 5.07. The van der Waals surface area contributed by atoms with Gasteiger partial charge in [-0.1, -0.05) is 25.4 Å². The van der Waals surface area contributed by atoms with Crippen LogP contribution in [-0.2, 0) is 0 Å². The quantitative estimate of drug-likeness (QED) is 0.389. The minimum atomic E-state index is -0.399. The molecule has 0 saturated carbocycles. The van der Waals surface area contributed by atoms with E-state index in [0.717, 1.165) is 0 Å². The van der Waals surface area contributed by atoms with E-state index < -0.39 is 5.62 Å². The van der Waals surface area contributed by atoms with E-state index in [1.165, 1.54) is 0 Å². The Kier molecular flexibility index (Phi) is 2.57. The Bertz CT molecular complexity index is 168. The fourth-order valence-corrected chi connectivity index (χ4v) is 1.15. The molecule has 0 radical (unpaired) electrons. The lowest BCUT2D eigenvalue weighted by molar-refractivity contribution is 0.353. The van der Waals surface area contributed by atoms with Gasteiger partial charge in [0.05, 0.1) is 6.17 Å². The van der Waals surface area contributed by atoms with Crippen molar-refractivity contribution in [2.24, 2.45) is 16.6 Å². The first kappa shape index (κ1) is 8.62. The molecule has 0 bridgehead atoms. The highest BCUT2D eigenvalue weighted by Gasteiger charge is 2.20. The van der Waals surface area contributed by atoms with Gasteiger partial charge in [0.25, 0.3) is 0 Å². The zero-order valence-corrected chi connectivity index (χ0v) is 7.39. The minimum absolute atomic E-state index is 0.120. The van der Waals surface area contributed by atoms with Crippen LogP contribution in [0.1, 0.15) is 13.8 Å². The van der Waals surface area contributed by atoms with Crippen molar-refractivity contribution in [2.75, 3.05) is 0 Å². The van der Waals surface area contributed by atoms with Crippen molar-refractivity contribution in [1.82, 2.24) is 10.6 Å². The summed E-state index contributed by atoms with van der Waals surface area (Å²) in [7, 11) is 0. The maximum absolute atomic E-state index is 5.73. The molecular formula is C6H13ClN4. The molecule has 0 spiro atoms. The van der Waals surface area contributed by atoms with Crippen molar-refractivity contribution in [1.29, 1.82) is 0 Å². The van der Waals surface area contributed by atoms with Crippen molar-refractivity contribution in [2.45, 2.75) is 25.6 Å². The maximum atomic E-state index is 5.73. The monoisotopic (exact) mass is 176 g/mol. The topological polar surface area (TPSA) is 62.4 Å². The molecule has 0 saturated heterocycles. The summed E-state index contributed by atoms with van der Waals surface area (Å²) in [4.78, 5) is 3.85. The minimum Gasteiger partial charge on any atom is -0.370 e. The molecule has 0 aromatic heterocycles. The van der Waals surface area contributed by atoms with Crippen LogP contribution in [0.5, 0.6) is 0 Å². The van der Waals surface area contributed by atoms with E-state index in [4.69, 9.17) is 17.3 Å². The Hall–Kier alpha value is -0.480. The molecule has 0 fully saturated rings. The van der Waals surface area contributed by atoms with Gasteiger partial charge in [0.15, 0.2) is 11.6 Å². The fourth-order valence-electron chi connectivity index (χ4n) is 0.905. The van der Waals surface area contributed by atoms with Gasteiger partial charge in [-0.25, -0.2) is 4.99 Å². The molecule has 4 N–H and O–H groups in total. The molecule has 2 atom stereocenters. The van der Waals surface area contributed by atoms with Crippen LogP contribution in [0, 0.1) is 5.92 Å². The van der Waals surface area contributed by atoms with Crippen LogP contribution < -0.4 is 16.4 Å². The third-order valence-corrected chi connectivity index (χ3v) is 1.76. The first-order valence-corrected chi connectivity index (χ1v) is 4.03. The first-order valence-electron chi connectivity index (χ1n) is 3.59. The Morgan fingerprint density at radius 1 is 1.64 bits per heavy atom. The lowest BCUT2D eigenvalue weighted by Crippen LogP contribution is -2.57. The second kappa shape index (κ2) is 3.28. The van der Waals surface area contributed by atoms with E-state index >= 15 is 0 Å². The molecule has 64 valence electrons. The molecule has 1 heterocycles. The Morgan fingerprint density at radius 3 is 2.73 bits per heavy atom. The van der Waals surface area contributed by atoms with E-state index in [9.17, 15) is 0 Å². The van der Waals surface area contributed by atoms with Crippen LogP contribution in [0.3, 0.4) is 0 Å². The van der Waals surface area contributed by atoms with Crippen LogP contribution in [-0.4, -0.2) is 17.8 Å². The number of nitrogens with one attached hydrogen (secondary N) is 2. The number of nitrogens with two attached hydrogens (primary N) is 1. The maximum Gasteiger partial charge on any atom is 0.192 e. The third-order valence-electron chi connectivity index (χ3n) is 1.54. The second-order valence-corrected chi connectivity index (χ2v) is 3.30. The van der Waals surface area contributed by atoms with Crippen molar-refractivity contribution in [3.8, 4) is 0 Å². The molecule has 1 rings (SSSR count). The summed E-state index contributed by atoms with van der Waals surface area (Å²) in [5, 5.41) is 6.01. The van der Waals surface area contributed by atoms with Crippen LogP contribution in [0.2, 0.25) is 0 Å². The van der Waals surface area contributed by atoms with Gasteiger partial charge < -0.3 is 11.1 Å². The van der Waals surface area contributed by atoms with Crippen LogP contribution in [0.4, 0.5) is 0 Å². The number of guanidine groups is 1. The lowest BCUT2D eigenvalue weighted by Gasteiger charge is -2.29. The van der Waals surface area contributed by atoms with E-state index in [1.807, 2.05) is 0 Å². The molecule has 0 aromatic rings. The predicted molar refractivity (Wildman–Crippen MR) is 46.2 cm³/mol. The van der Waals surface area contributed by atoms with Gasteiger partial charge in [0.1, 0.15) is 0 Å². The summed E-state index contributed by atoms with van der Waals surface area (Å²) in [6.45, 7) is 4.15. The van der Waals surface area contributed by atoms with Gasteiger partial charge in [-0.2, -0.15) is 0 Å². The Balaban J connectivity index is 2.57. The van der Waals surface area contributed by atoms with E-state index in [-0.39, 0.29) is 6.17 Å². The van der Waals surface area contributed by atoms with Crippen LogP contribution in [0.25, 0.3) is 0 Å². The molecule has 11 heavy (non-hydrogen) atoms. The standard InChI is InChI=1S/C6H13ClN4/c1-3(2)4-9-5(7)11-6(8)10-4/h3-5,9H,1-2H3,(H3,8,10,11). The normalized spacial score (nSPS) is 31.5. The van der Waals surface area contributed by atoms with E-state index in [2.05, 4.69) is 29.5 Å². The average molecular weight is 177 g/mol. The smallest absolute Gasteiger partial charge is 0.192 e. The molecule has 1 aliphatic rings. The predicted octanol–water partition coefficient (Wildman–Crippen LogP) is -0.00160. The molecule has 5 heteroatoms. The Morgan fingerprint density at radius 2 is 2.27 bits per heavy atom. The van der Waals surface area contributed by atoms with E-state index in [1.54, 1.807) is 0 Å². The van der Waals surface area contributed by atoms with Crippen LogP contribution in [0.15, 0.2) is 4.99 Å². The second-order valence-electron chi connectivity index (χ2n) is 2.88. The van der Waals surface area contributed by atoms with Gasteiger partial charge >= 0.3 is 0 Å². The van der Waals surface area contributed by atoms with Gasteiger partial charge in [-0.15, -0.1) is 0 Å². The van der Waals surface area contributed by atoms with Gasteiger partial charge in [-0.05, 0) is 5.92 Å². The summed E-state index contributed by atoms with van der Waals surface area (Å²) in [5.74, 6) is 0.841. The highest BCUT2D eigenvalue weighted by atomic mass is 35.5. The molecule has 0 aliphatic carbocycles. The molecule has 0 aromatic carbocycles. The number of halogens is 1. The number of rotatable bonds is 1. The highest BCUT2D eigenvalue weighted by molar-refractivity contribution is 6.20. The molecule has 4 nitrogen and oxygen atoms in total.